The minimum absolute atomic E-state index is 0.0218. The molecular formula is C12H12IN3O3S2. The molecule has 1 fully saturated rings. The number of halogens is 1. The summed E-state index contributed by atoms with van der Waals surface area (Å²) in [5.41, 5.74) is 0.904. The molecule has 2 heterocycles. The fraction of sp³-hybridized carbons (Fsp3) is 0.417. The summed E-state index contributed by atoms with van der Waals surface area (Å²) in [7, 11) is 0. The molecule has 1 unspecified atom stereocenters. The molecule has 112 valence electrons. The zero-order valence-electron chi connectivity index (χ0n) is 11.1. The molecule has 0 aromatic rings. The van der Waals surface area contributed by atoms with Gasteiger partial charge in [-0.3, -0.25) is 14.5 Å². The second-order valence-corrected chi connectivity index (χ2v) is 7.17. The van der Waals surface area contributed by atoms with Crippen LogP contribution in [0.3, 0.4) is 0 Å². The first-order valence-electron chi connectivity index (χ1n) is 6.18. The van der Waals surface area contributed by atoms with Gasteiger partial charge in [-0.25, -0.2) is 0 Å². The van der Waals surface area contributed by atoms with Crippen molar-refractivity contribution in [2.24, 2.45) is 10.2 Å². The van der Waals surface area contributed by atoms with E-state index in [9.17, 15) is 9.59 Å². The number of azo groups is 1. The molecule has 6 nitrogen and oxygen atoms in total. The summed E-state index contributed by atoms with van der Waals surface area (Å²) in [5.74, 6) is -1.05. The van der Waals surface area contributed by atoms with Crippen LogP contribution in [0, 0.1) is 0 Å². The van der Waals surface area contributed by atoms with Gasteiger partial charge in [-0.15, -0.1) is 5.11 Å². The van der Waals surface area contributed by atoms with Gasteiger partial charge in [-0.1, -0.05) is 24.0 Å². The van der Waals surface area contributed by atoms with Crippen LogP contribution in [0.5, 0.6) is 0 Å². The number of carboxylic acid groups (broad SMARTS) is 1. The lowest BCUT2D eigenvalue weighted by atomic mass is 10.1. The van der Waals surface area contributed by atoms with Crippen LogP contribution in [0.15, 0.2) is 30.5 Å². The number of hydrogen-bond acceptors (Lipinski definition) is 6. The Morgan fingerprint density at radius 3 is 2.90 bits per heavy atom. The predicted molar refractivity (Wildman–Crippen MR) is 92.2 cm³/mol. The van der Waals surface area contributed by atoms with Gasteiger partial charge in [0.15, 0.2) is 0 Å². The van der Waals surface area contributed by atoms with Crippen molar-refractivity contribution in [3.8, 4) is 0 Å². The van der Waals surface area contributed by atoms with Crippen LogP contribution in [-0.2, 0) is 9.59 Å². The molecule has 21 heavy (non-hydrogen) atoms. The standard InChI is InChI=1S/C12H12IN3O3S2/c1-6-7(10(13)15-14-6)5-8-11(19)16(12(20)21-8)4-2-3-9(17)18/h5-6H,2-4H2,1H3,(H,17,18)/b8-5+. The van der Waals surface area contributed by atoms with Gasteiger partial charge in [0.1, 0.15) is 8.02 Å². The average molecular weight is 437 g/mol. The number of hydrogen-bond donors (Lipinski definition) is 1. The summed E-state index contributed by atoms with van der Waals surface area (Å²) in [5, 5.41) is 16.7. The molecule has 0 radical (unpaired) electrons. The third kappa shape index (κ3) is 3.89. The van der Waals surface area contributed by atoms with Crippen molar-refractivity contribution in [3.05, 3.63) is 20.3 Å². The summed E-state index contributed by atoms with van der Waals surface area (Å²) < 4.78 is 1.24. The van der Waals surface area contributed by atoms with Crippen LogP contribution in [0.1, 0.15) is 19.8 Å². The van der Waals surface area contributed by atoms with Crippen LogP contribution in [-0.4, -0.2) is 38.8 Å². The predicted octanol–water partition coefficient (Wildman–Crippen LogP) is 3.10. The van der Waals surface area contributed by atoms with E-state index in [1.54, 1.807) is 6.08 Å². The lowest BCUT2D eigenvalue weighted by molar-refractivity contribution is -0.137. The largest absolute Gasteiger partial charge is 0.481 e. The van der Waals surface area contributed by atoms with Gasteiger partial charge in [0.2, 0.25) is 0 Å². The fourth-order valence-corrected chi connectivity index (χ4v) is 3.86. The third-order valence-corrected chi connectivity index (χ3v) is 5.16. The molecule has 9 heteroatoms. The second-order valence-electron chi connectivity index (χ2n) is 4.47. The molecule has 1 N–H and O–H groups in total. The average Bonchev–Trinajstić information content (AvgIpc) is 2.86. The van der Waals surface area contributed by atoms with Crippen molar-refractivity contribution >= 4 is 62.8 Å². The summed E-state index contributed by atoms with van der Waals surface area (Å²) in [6.07, 6.45) is 2.19. The van der Waals surface area contributed by atoms with Gasteiger partial charge in [-0.2, -0.15) is 5.11 Å². The maximum Gasteiger partial charge on any atom is 0.303 e. The Bertz CT molecular complexity index is 601. The molecule has 0 saturated carbocycles. The van der Waals surface area contributed by atoms with Crippen molar-refractivity contribution in [3.63, 3.8) is 0 Å². The molecule has 2 rings (SSSR count). The van der Waals surface area contributed by atoms with Crippen LogP contribution >= 0.6 is 46.6 Å². The maximum absolute atomic E-state index is 12.3. The lowest BCUT2D eigenvalue weighted by Crippen LogP contribution is -2.29. The molecule has 0 spiro atoms. The highest BCUT2D eigenvalue weighted by molar-refractivity contribution is 14.1. The molecule has 1 amide bonds. The highest BCUT2D eigenvalue weighted by atomic mass is 127. The van der Waals surface area contributed by atoms with Gasteiger partial charge >= 0.3 is 5.97 Å². The van der Waals surface area contributed by atoms with E-state index in [-0.39, 0.29) is 18.4 Å². The molecular weight excluding hydrogens is 425 g/mol. The molecule has 0 aromatic heterocycles. The lowest BCUT2D eigenvalue weighted by Gasteiger charge is -2.13. The van der Waals surface area contributed by atoms with E-state index in [4.69, 9.17) is 17.3 Å². The monoisotopic (exact) mass is 437 g/mol. The highest BCUT2D eigenvalue weighted by Crippen LogP contribution is 2.35. The number of rotatable bonds is 5. The molecule has 2 aliphatic rings. The van der Waals surface area contributed by atoms with Crippen molar-refractivity contribution in [1.82, 2.24) is 4.90 Å². The first-order valence-corrected chi connectivity index (χ1v) is 8.48. The topological polar surface area (TPSA) is 82.3 Å². The Balaban J connectivity index is 2.08. The Hall–Kier alpha value is -0.810. The molecule has 1 saturated heterocycles. The number of carboxylic acids is 1. The van der Waals surface area contributed by atoms with Gasteiger partial charge < -0.3 is 5.11 Å². The highest BCUT2D eigenvalue weighted by Gasteiger charge is 2.32. The normalized spacial score (nSPS) is 23.8. The fourth-order valence-electron chi connectivity index (χ4n) is 1.83. The van der Waals surface area contributed by atoms with E-state index in [0.717, 1.165) is 9.28 Å². The zero-order chi connectivity index (χ0) is 15.6. The molecule has 1 atom stereocenters. The minimum Gasteiger partial charge on any atom is -0.481 e. The number of carbonyl (C=O) groups excluding carboxylic acids is 1. The zero-order valence-corrected chi connectivity index (χ0v) is 14.9. The van der Waals surface area contributed by atoms with E-state index in [1.807, 2.05) is 6.92 Å². The van der Waals surface area contributed by atoms with Crippen molar-refractivity contribution < 1.29 is 14.7 Å². The van der Waals surface area contributed by atoms with Gasteiger partial charge in [-0.05, 0) is 42.0 Å². The van der Waals surface area contributed by atoms with E-state index < -0.39 is 5.97 Å². The molecule has 0 aromatic carbocycles. The van der Waals surface area contributed by atoms with Crippen molar-refractivity contribution in [2.45, 2.75) is 25.8 Å². The van der Waals surface area contributed by atoms with Crippen LogP contribution in [0.4, 0.5) is 0 Å². The number of thioether (sulfide) groups is 1. The molecule has 0 bridgehead atoms. The first-order chi connectivity index (χ1) is 9.90. The van der Waals surface area contributed by atoms with E-state index in [0.29, 0.717) is 22.2 Å². The van der Waals surface area contributed by atoms with Crippen molar-refractivity contribution in [1.29, 1.82) is 0 Å². The van der Waals surface area contributed by atoms with E-state index in [1.165, 1.54) is 16.7 Å². The number of thiocarbonyl (C=S) groups is 1. The Labute approximate surface area is 144 Å². The summed E-state index contributed by atoms with van der Waals surface area (Å²) in [6, 6.07) is -0.0626. The van der Waals surface area contributed by atoms with Gasteiger partial charge in [0, 0.05) is 18.5 Å². The minimum atomic E-state index is -0.876. The number of aliphatic carboxylic acids is 1. The van der Waals surface area contributed by atoms with Crippen LogP contribution < -0.4 is 0 Å². The Morgan fingerprint density at radius 2 is 2.33 bits per heavy atom. The smallest absolute Gasteiger partial charge is 0.303 e. The van der Waals surface area contributed by atoms with E-state index in [2.05, 4.69) is 32.8 Å². The summed E-state index contributed by atoms with van der Waals surface area (Å²) >= 11 is 8.51. The quantitative estimate of drug-likeness (QED) is 0.310. The Morgan fingerprint density at radius 1 is 1.62 bits per heavy atom. The number of nitrogens with zero attached hydrogens (tertiary/aromatic N) is 3. The van der Waals surface area contributed by atoms with E-state index >= 15 is 0 Å². The second kappa shape index (κ2) is 6.97. The third-order valence-electron chi connectivity index (χ3n) is 2.94. The maximum atomic E-state index is 12.3. The molecule has 0 aliphatic carbocycles. The number of amides is 1. The summed E-state index contributed by atoms with van der Waals surface area (Å²) in [6.45, 7) is 2.24. The van der Waals surface area contributed by atoms with Crippen molar-refractivity contribution in [2.75, 3.05) is 6.54 Å². The number of carbonyl (C=O) groups is 2. The van der Waals surface area contributed by atoms with Gasteiger partial charge in [0.25, 0.3) is 5.91 Å². The summed E-state index contributed by atoms with van der Waals surface area (Å²) in [4.78, 5) is 24.8. The van der Waals surface area contributed by atoms with Gasteiger partial charge in [0.05, 0.1) is 10.9 Å². The molecule has 2 aliphatic heterocycles. The SMILES string of the molecule is CC1N=NC(I)=C1/C=C1/SC(=S)N(CCCC(=O)O)C1=O. The Kier molecular flexibility index (Phi) is 5.49. The van der Waals surface area contributed by atoms with Crippen LogP contribution in [0.2, 0.25) is 0 Å². The van der Waals surface area contributed by atoms with Crippen LogP contribution in [0.25, 0.3) is 0 Å². The first kappa shape index (κ1) is 16.6.